The van der Waals surface area contributed by atoms with E-state index in [0.717, 1.165) is 13.1 Å². The van der Waals surface area contributed by atoms with Crippen molar-refractivity contribution in [1.82, 2.24) is 15.2 Å². The molecule has 0 aliphatic heterocycles. The second-order valence-electron chi connectivity index (χ2n) is 2.59. The van der Waals surface area contributed by atoms with Crippen molar-refractivity contribution in [2.24, 2.45) is 0 Å². The highest BCUT2D eigenvalue weighted by molar-refractivity contribution is 5.33. The molecule has 1 rings (SSSR count). The van der Waals surface area contributed by atoms with Crippen molar-refractivity contribution in [3.05, 3.63) is 0 Å². The molecular weight excluding hydrogens is 170 g/mol. The van der Waals surface area contributed by atoms with Gasteiger partial charge in [-0.05, 0) is 6.92 Å². The third-order valence-corrected chi connectivity index (χ3v) is 1.72. The maximum absolute atomic E-state index is 5.41. The fraction of sp³-hybridized carbons (Fsp3) is 0.714. The van der Waals surface area contributed by atoms with Crippen molar-refractivity contribution in [2.75, 3.05) is 37.4 Å². The molecule has 1 aromatic heterocycles. The summed E-state index contributed by atoms with van der Waals surface area (Å²) in [6.45, 7) is 4.29. The van der Waals surface area contributed by atoms with Gasteiger partial charge in [-0.2, -0.15) is 4.98 Å². The first-order valence-electron chi connectivity index (χ1n) is 4.19. The molecule has 6 nitrogen and oxygen atoms in total. The maximum atomic E-state index is 5.41. The Labute approximate surface area is 77.1 Å². The Morgan fingerprint density at radius 2 is 2.38 bits per heavy atom. The Kier molecular flexibility index (Phi) is 3.51. The number of rotatable bonds is 5. The van der Waals surface area contributed by atoms with Crippen LogP contribution in [-0.2, 0) is 4.74 Å². The lowest BCUT2D eigenvalue weighted by Crippen LogP contribution is -2.27. The lowest BCUT2D eigenvalue weighted by molar-refractivity contribution is 0.205. The van der Waals surface area contributed by atoms with E-state index in [4.69, 9.17) is 10.5 Å². The highest BCUT2D eigenvalue weighted by atomic mass is 16.5. The van der Waals surface area contributed by atoms with Crippen molar-refractivity contribution in [3.63, 3.8) is 0 Å². The van der Waals surface area contributed by atoms with E-state index < -0.39 is 0 Å². The van der Waals surface area contributed by atoms with E-state index in [1.807, 2.05) is 11.8 Å². The molecule has 3 N–H and O–H groups in total. The van der Waals surface area contributed by atoms with E-state index in [0.29, 0.717) is 18.5 Å². The minimum Gasteiger partial charge on any atom is -0.383 e. The lowest BCUT2D eigenvalue weighted by atomic mass is 10.5. The highest BCUT2D eigenvalue weighted by Crippen LogP contribution is 2.06. The second kappa shape index (κ2) is 4.66. The van der Waals surface area contributed by atoms with Crippen LogP contribution in [0.4, 0.5) is 11.9 Å². The molecule has 13 heavy (non-hydrogen) atoms. The summed E-state index contributed by atoms with van der Waals surface area (Å²) >= 11 is 0. The average molecular weight is 185 g/mol. The van der Waals surface area contributed by atoms with Gasteiger partial charge in [0.15, 0.2) is 0 Å². The van der Waals surface area contributed by atoms with Crippen LogP contribution in [0.1, 0.15) is 6.92 Å². The third-order valence-electron chi connectivity index (χ3n) is 1.72. The molecule has 0 amide bonds. The van der Waals surface area contributed by atoms with E-state index in [1.54, 1.807) is 7.11 Å². The van der Waals surface area contributed by atoms with Crippen molar-refractivity contribution >= 4 is 11.9 Å². The van der Waals surface area contributed by atoms with Gasteiger partial charge in [-0.25, -0.2) is 5.10 Å². The molecule has 1 heterocycles. The maximum Gasteiger partial charge on any atom is 0.246 e. The number of anilines is 2. The number of likely N-dealkylation sites (N-methyl/N-ethyl adjacent to an activating group) is 1. The van der Waals surface area contributed by atoms with E-state index in [-0.39, 0.29) is 0 Å². The summed E-state index contributed by atoms with van der Waals surface area (Å²) in [5.41, 5.74) is 5.41. The Morgan fingerprint density at radius 3 is 2.85 bits per heavy atom. The topological polar surface area (TPSA) is 80.1 Å². The van der Waals surface area contributed by atoms with Crippen molar-refractivity contribution in [1.29, 1.82) is 0 Å². The van der Waals surface area contributed by atoms with Crippen LogP contribution in [0.25, 0.3) is 0 Å². The van der Waals surface area contributed by atoms with Crippen LogP contribution < -0.4 is 10.6 Å². The Balaban J connectivity index is 2.56. The molecule has 0 radical (unpaired) electrons. The Morgan fingerprint density at radius 1 is 1.62 bits per heavy atom. The monoisotopic (exact) mass is 185 g/mol. The molecule has 0 spiro atoms. The van der Waals surface area contributed by atoms with Gasteiger partial charge in [0.25, 0.3) is 0 Å². The molecule has 0 aliphatic rings. The molecule has 74 valence electrons. The van der Waals surface area contributed by atoms with Crippen LogP contribution in [0.15, 0.2) is 0 Å². The fourth-order valence-corrected chi connectivity index (χ4v) is 1.01. The van der Waals surface area contributed by atoms with Crippen LogP contribution >= 0.6 is 0 Å². The predicted octanol–water partition coefficient (Wildman–Crippen LogP) is -0.140. The van der Waals surface area contributed by atoms with Crippen LogP contribution in [0, 0.1) is 0 Å². The van der Waals surface area contributed by atoms with E-state index in [9.17, 15) is 0 Å². The van der Waals surface area contributed by atoms with Crippen LogP contribution in [0.5, 0.6) is 0 Å². The van der Waals surface area contributed by atoms with Gasteiger partial charge in [-0.3, -0.25) is 0 Å². The van der Waals surface area contributed by atoms with E-state index in [1.165, 1.54) is 0 Å². The highest BCUT2D eigenvalue weighted by Gasteiger charge is 2.08. The summed E-state index contributed by atoms with van der Waals surface area (Å²) in [6.07, 6.45) is 0. The van der Waals surface area contributed by atoms with E-state index >= 15 is 0 Å². The first-order chi connectivity index (χ1) is 6.27. The number of nitrogens with two attached hydrogens (primary N) is 1. The molecule has 0 aromatic carbocycles. The molecule has 0 atom stereocenters. The number of hydrogen-bond donors (Lipinski definition) is 2. The summed E-state index contributed by atoms with van der Waals surface area (Å²) in [5, 5.41) is 6.54. The van der Waals surface area contributed by atoms with Gasteiger partial charge >= 0.3 is 0 Å². The molecule has 1 aromatic rings. The number of methoxy groups -OCH3 is 1. The molecule has 6 heteroatoms. The van der Waals surface area contributed by atoms with E-state index in [2.05, 4.69) is 15.2 Å². The van der Waals surface area contributed by atoms with Crippen LogP contribution in [0.2, 0.25) is 0 Å². The standard InChI is InChI=1S/C7H15N5O/c1-3-12(4-5-13-2)7-9-6(8)10-11-7/h3-5H2,1-2H3,(H3,8,9,10,11). The van der Waals surface area contributed by atoms with Crippen LogP contribution in [-0.4, -0.2) is 42.0 Å². The van der Waals surface area contributed by atoms with Gasteiger partial charge in [-0.1, -0.05) is 0 Å². The zero-order valence-electron chi connectivity index (χ0n) is 7.95. The summed E-state index contributed by atoms with van der Waals surface area (Å²) < 4.78 is 4.96. The normalized spacial score (nSPS) is 10.3. The Hall–Kier alpha value is -1.30. The van der Waals surface area contributed by atoms with Gasteiger partial charge in [-0.15, -0.1) is 5.10 Å². The first kappa shape index (κ1) is 9.79. The molecule has 0 fully saturated rings. The lowest BCUT2D eigenvalue weighted by Gasteiger charge is -2.17. The molecule has 0 unspecified atom stereocenters. The fourth-order valence-electron chi connectivity index (χ4n) is 1.01. The second-order valence-corrected chi connectivity index (χ2v) is 2.59. The molecule has 0 saturated carbocycles. The SMILES string of the molecule is CCN(CCOC)c1n[nH]c(N)n1. The zero-order valence-corrected chi connectivity index (χ0v) is 7.95. The summed E-state index contributed by atoms with van der Waals surface area (Å²) in [7, 11) is 1.67. The number of aromatic amines is 1. The van der Waals surface area contributed by atoms with Crippen molar-refractivity contribution in [2.45, 2.75) is 6.92 Å². The summed E-state index contributed by atoms with van der Waals surface area (Å²) in [5.74, 6) is 0.961. The third kappa shape index (κ3) is 2.59. The number of aromatic nitrogens is 3. The van der Waals surface area contributed by atoms with Gasteiger partial charge in [0.1, 0.15) is 0 Å². The number of hydrogen-bond acceptors (Lipinski definition) is 5. The quantitative estimate of drug-likeness (QED) is 0.667. The smallest absolute Gasteiger partial charge is 0.246 e. The number of H-pyrrole nitrogens is 1. The number of nitrogens with zero attached hydrogens (tertiary/aromatic N) is 3. The molecule has 0 bridgehead atoms. The van der Waals surface area contributed by atoms with Crippen molar-refractivity contribution in [3.8, 4) is 0 Å². The van der Waals surface area contributed by atoms with Gasteiger partial charge in [0.05, 0.1) is 6.61 Å². The molecule has 0 aliphatic carbocycles. The summed E-state index contributed by atoms with van der Waals surface area (Å²) in [4.78, 5) is 6.00. The average Bonchev–Trinajstić information content (AvgIpc) is 2.54. The van der Waals surface area contributed by atoms with Gasteiger partial charge in [0.2, 0.25) is 11.9 Å². The minimum atomic E-state index is 0.339. The number of nitrogens with one attached hydrogen (secondary N) is 1. The first-order valence-corrected chi connectivity index (χ1v) is 4.19. The predicted molar refractivity (Wildman–Crippen MR) is 50.6 cm³/mol. The molecular formula is C7H15N5O. The number of ether oxygens (including phenoxy) is 1. The largest absolute Gasteiger partial charge is 0.383 e. The minimum absolute atomic E-state index is 0.339. The van der Waals surface area contributed by atoms with Crippen molar-refractivity contribution < 1.29 is 4.74 Å². The van der Waals surface area contributed by atoms with Gasteiger partial charge in [0, 0.05) is 20.2 Å². The number of nitrogen functional groups attached to an aromatic ring is 1. The Bertz CT molecular complexity index is 249. The van der Waals surface area contributed by atoms with Crippen LogP contribution in [0.3, 0.4) is 0 Å². The van der Waals surface area contributed by atoms with Gasteiger partial charge < -0.3 is 15.4 Å². The zero-order chi connectivity index (χ0) is 9.68. The summed E-state index contributed by atoms with van der Waals surface area (Å²) in [6, 6.07) is 0. The molecule has 0 saturated heterocycles.